The molecule has 0 spiro atoms. The first-order valence-corrected chi connectivity index (χ1v) is 7.44. The van der Waals surface area contributed by atoms with Crippen molar-refractivity contribution >= 4 is 5.91 Å². The topological polar surface area (TPSA) is 58.4 Å². The lowest BCUT2D eigenvalue weighted by atomic mass is 10.1. The van der Waals surface area contributed by atoms with Gasteiger partial charge in [0.1, 0.15) is 0 Å². The molecule has 0 bridgehead atoms. The number of hydrogen-bond donors (Lipinski definition) is 2. The number of benzene rings is 1. The van der Waals surface area contributed by atoms with Gasteiger partial charge in [0.15, 0.2) is 0 Å². The highest BCUT2D eigenvalue weighted by Crippen LogP contribution is 2.15. The molecular weight excluding hydrogens is 250 g/mol. The molecule has 0 aromatic heterocycles. The largest absolute Gasteiger partial charge is 0.354 e. The predicted octanol–water partition coefficient (Wildman–Crippen LogP) is 1.01. The average molecular weight is 275 g/mol. The normalized spacial score (nSPS) is 20.8. The third-order valence-electron chi connectivity index (χ3n) is 3.91. The molecule has 0 aliphatic carbocycles. The summed E-state index contributed by atoms with van der Waals surface area (Å²) in [5.41, 5.74) is 6.93. The third-order valence-corrected chi connectivity index (χ3v) is 3.91. The summed E-state index contributed by atoms with van der Waals surface area (Å²) in [5, 5.41) is 2.93. The van der Waals surface area contributed by atoms with Crippen molar-refractivity contribution in [3.63, 3.8) is 0 Å². The van der Waals surface area contributed by atoms with E-state index in [0.717, 1.165) is 39.0 Å². The molecule has 1 unspecified atom stereocenters. The molecule has 1 aliphatic rings. The third kappa shape index (κ3) is 4.62. The van der Waals surface area contributed by atoms with E-state index in [1.807, 2.05) is 0 Å². The number of likely N-dealkylation sites (tertiary alicyclic amines) is 1. The van der Waals surface area contributed by atoms with Gasteiger partial charge in [-0.1, -0.05) is 30.3 Å². The number of nitrogens with zero attached hydrogens (tertiary/aromatic N) is 1. The van der Waals surface area contributed by atoms with E-state index in [1.54, 1.807) is 6.92 Å². The highest BCUT2D eigenvalue weighted by molar-refractivity contribution is 5.80. The molecule has 1 fully saturated rings. The van der Waals surface area contributed by atoms with Gasteiger partial charge in [-0.3, -0.25) is 4.79 Å². The Bertz CT molecular complexity index is 419. The minimum Gasteiger partial charge on any atom is -0.354 e. The maximum atomic E-state index is 11.4. The highest BCUT2D eigenvalue weighted by atomic mass is 16.2. The number of amides is 1. The molecule has 2 atom stereocenters. The van der Waals surface area contributed by atoms with Gasteiger partial charge in [-0.2, -0.15) is 0 Å². The van der Waals surface area contributed by atoms with Crippen LogP contribution < -0.4 is 11.1 Å². The van der Waals surface area contributed by atoms with E-state index in [1.165, 1.54) is 5.56 Å². The van der Waals surface area contributed by atoms with E-state index in [4.69, 9.17) is 5.73 Å². The molecule has 0 saturated carbocycles. The minimum atomic E-state index is -0.411. The van der Waals surface area contributed by atoms with Gasteiger partial charge in [0.05, 0.1) is 6.04 Å². The van der Waals surface area contributed by atoms with Crippen LogP contribution in [0.3, 0.4) is 0 Å². The van der Waals surface area contributed by atoms with Gasteiger partial charge in [-0.15, -0.1) is 0 Å². The van der Waals surface area contributed by atoms with Crippen molar-refractivity contribution in [1.82, 2.24) is 10.2 Å². The van der Waals surface area contributed by atoms with Crippen molar-refractivity contribution in [2.45, 2.75) is 25.8 Å². The summed E-state index contributed by atoms with van der Waals surface area (Å²) in [6.45, 7) is 5.78. The number of carbonyl (C=O) groups is 1. The van der Waals surface area contributed by atoms with Gasteiger partial charge in [0.25, 0.3) is 0 Å². The second-order valence-electron chi connectivity index (χ2n) is 5.72. The van der Waals surface area contributed by atoms with Crippen molar-refractivity contribution in [1.29, 1.82) is 0 Å². The average Bonchev–Trinajstić information content (AvgIpc) is 2.91. The van der Waals surface area contributed by atoms with Crippen LogP contribution in [0.5, 0.6) is 0 Å². The van der Waals surface area contributed by atoms with Crippen LogP contribution in [0.25, 0.3) is 0 Å². The Morgan fingerprint density at radius 1 is 1.45 bits per heavy atom. The Morgan fingerprint density at radius 2 is 2.20 bits per heavy atom. The summed E-state index contributed by atoms with van der Waals surface area (Å²) in [5.74, 6) is 0.515. The number of nitrogens with one attached hydrogen (secondary N) is 1. The standard InChI is InChI=1S/C16H25N3O/c1-13(17)16(20)18-11-15-8-10-19(12-15)9-7-14-5-3-2-4-6-14/h2-6,13,15H,7-12,17H2,1H3,(H,18,20)/t13-,15?/m1/s1. The van der Waals surface area contributed by atoms with Crippen molar-refractivity contribution in [2.75, 3.05) is 26.2 Å². The number of rotatable bonds is 6. The molecule has 1 amide bonds. The second kappa shape index (κ2) is 7.41. The lowest BCUT2D eigenvalue weighted by Gasteiger charge is -2.16. The first-order valence-electron chi connectivity index (χ1n) is 7.44. The van der Waals surface area contributed by atoms with Crippen LogP contribution in [0.1, 0.15) is 18.9 Å². The Morgan fingerprint density at radius 3 is 2.90 bits per heavy atom. The Kier molecular flexibility index (Phi) is 5.56. The van der Waals surface area contributed by atoms with E-state index in [0.29, 0.717) is 5.92 Å². The smallest absolute Gasteiger partial charge is 0.236 e. The summed E-state index contributed by atoms with van der Waals surface area (Å²) in [4.78, 5) is 13.9. The van der Waals surface area contributed by atoms with Crippen molar-refractivity contribution < 1.29 is 4.79 Å². The molecule has 20 heavy (non-hydrogen) atoms. The number of hydrogen-bond acceptors (Lipinski definition) is 3. The molecule has 1 heterocycles. The zero-order chi connectivity index (χ0) is 14.4. The zero-order valence-electron chi connectivity index (χ0n) is 12.2. The van der Waals surface area contributed by atoms with Crippen LogP contribution in [0.2, 0.25) is 0 Å². The molecule has 110 valence electrons. The van der Waals surface area contributed by atoms with Crippen LogP contribution >= 0.6 is 0 Å². The molecule has 1 aromatic carbocycles. The summed E-state index contributed by atoms with van der Waals surface area (Å²) >= 11 is 0. The van der Waals surface area contributed by atoms with E-state index < -0.39 is 6.04 Å². The summed E-state index contributed by atoms with van der Waals surface area (Å²) in [6.07, 6.45) is 2.26. The van der Waals surface area contributed by atoms with Crippen LogP contribution in [-0.2, 0) is 11.2 Å². The van der Waals surface area contributed by atoms with Crippen LogP contribution in [0.4, 0.5) is 0 Å². The molecule has 1 aromatic rings. The molecule has 3 N–H and O–H groups in total. The maximum Gasteiger partial charge on any atom is 0.236 e. The first kappa shape index (κ1) is 15.0. The predicted molar refractivity (Wildman–Crippen MR) is 81.4 cm³/mol. The van der Waals surface area contributed by atoms with Crippen molar-refractivity contribution in [3.8, 4) is 0 Å². The highest BCUT2D eigenvalue weighted by Gasteiger charge is 2.22. The fourth-order valence-corrected chi connectivity index (χ4v) is 2.62. The lowest BCUT2D eigenvalue weighted by Crippen LogP contribution is -2.40. The van der Waals surface area contributed by atoms with Crippen LogP contribution in [-0.4, -0.2) is 43.0 Å². The summed E-state index contributed by atoms with van der Waals surface area (Å²) < 4.78 is 0. The fraction of sp³-hybridized carbons (Fsp3) is 0.562. The van der Waals surface area contributed by atoms with E-state index in [2.05, 4.69) is 40.5 Å². The molecule has 4 heteroatoms. The molecule has 1 aliphatic heterocycles. The molecule has 0 radical (unpaired) electrons. The minimum absolute atomic E-state index is 0.0484. The first-order chi connectivity index (χ1) is 9.65. The Labute approximate surface area is 121 Å². The molecule has 2 rings (SSSR count). The molecular formula is C16H25N3O. The Balaban J connectivity index is 1.66. The van der Waals surface area contributed by atoms with E-state index in [-0.39, 0.29) is 5.91 Å². The molecule has 1 saturated heterocycles. The van der Waals surface area contributed by atoms with Gasteiger partial charge in [-0.05, 0) is 37.8 Å². The van der Waals surface area contributed by atoms with Crippen LogP contribution in [0.15, 0.2) is 30.3 Å². The number of carbonyl (C=O) groups excluding carboxylic acids is 1. The van der Waals surface area contributed by atoms with Crippen molar-refractivity contribution in [2.24, 2.45) is 11.7 Å². The lowest BCUT2D eigenvalue weighted by molar-refractivity contribution is -0.122. The zero-order valence-corrected chi connectivity index (χ0v) is 12.2. The molecule has 4 nitrogen and oxygen atoms in total. The quantitative estimate of drug-likeness (QED) is 0.815. The van der Waals surface area contributed by atoms with Gasteiger partial charge >= 0.3 is 0 Å². The van der Waals surface area contributed by atoms with Gasteiger partial charge in [-0.25, -0.2) is 0 Å². The second-order valence-corrected chi connectivity index (χ2v) is 5.72. The summed E-state index contributed by atoms with van der Waals surface area (Å²) in [7, 11) is 0. The SMILES string of the molecule is C[C@@H](N)C(=O)NCC1CCN(CCc2ccccc2)C1. The monoisotopic (exact) mass is 275 g/mol. The van der Waals surface area contributed by atoms with Gasteiger partial charge in [0, 0.05) is 19.6 Å². The van der Waals surface area contributed by atoms with Gasteiger partial charge < -0.3 is 16.0 Å². The van der Waals surface area contributed by atoms with E-state index >= 15 is 0 Å². The van der Waals surface area contributed by atoms with Gasteiger partial charge in [0.2, 0.25) is 5.91 Å². The Hall–Kier alpha value is -1.39. The summed E-state index contributed by atoms with van der Waals surface area (Å²) in [6, 6.07) is 10.2. The van der Waals surface area contributed by atoms with Crippen molar-refractivity contribution in [3.05, 3.63) is 35.9 Å². The van der Waals surface area contributed by atoms with Crippen LogP contribution in [0, 0.1) is 5.92 Å². The number of nitrogens with two attached hydrogens (primary N) is 1. The van der Waals surface area contributed by atoms with E-state index in [9.17, 15) is 4.79 Å². The fourth-order valence-electron chi connectivity index (χ4n) is 2.62. The maximum absolute atomic E-state index is 11.4.